The summed E-state index contributed by atoms with van der Waals surface area (Å²) in [5.74, 6) is 0. The Morgan fingerprint density at radius 1 is 0.758 bits per heavy atom. The normalized spacial score (nSPS) is 41.9. The Morgan fingerprint density at radius 3 is 1.82 bits per heavy atom. The van der Waals surface area contributed by atoms with Crippen LogP contribution in [0.15, 0.2) is 0 Å². The molecule has 0 bridgehead atoms. The molecule has 0 aromatic rings. The van der Waals surface area contributed by atoms with Gasteiger partial charge in [-0.2, -0.15) is 0 Å². The summed E-state index contributed by atoms with van der Waals surface area (Å²) in [6.45, 7) is -2.03. The van der Waals surface area contributed by atoms with Crippen LogP contribution < -0.4 is 0 Å². The molecule has 0 radical (unpaired) electrons. The maximum atomic E-state index is 9.94. The molecular formula is C17H32O16. The Balaban J connectivity index is 0.000000461. The van der Waals surface area contributed by atoms with E-state index in [-0.39, 0.29) is 6.29 Å². The fourth-order valence-electron chi connectivity index (χ4n) is 2.99. The molecule has 12 N–H and O–H groups in total. The second-order valence-electron chi connectivity index (χ2n) is 7.39. The first-order valence-electron chi connectivity index (χ1n) is 9.81. The Kier molecular flexibility index (Phi) is 12.6. The SMILES string of the molecule is O=C[C@@H](O)[C@H](O)[C@H](O)CO.OC[C@H]1O[C@@H](O[C@H]2[C@H](O)[C@@H](O)[C@H](O)O[C@@H]2CO)[C@H](O)[C@@H](O)[C@@H]1O. The van der Waals surface area contributed by atoms with E-state index in [1.165, 1.54) is 0 Å². The van der Waals surface area contributed by atoms with Crippen LogP contribution in [-0.2, 0) is 19.0 Å². The quantitative estimate of drug-likeness (QED) is 0.140. The van der Waals surface area contributed by atoms with Crippen LogP contribution in [0.3, 0.4) is 0 Å². The number of aliphatic hydroxyl groups is 12. The third-order valence-electron chi connectivity index (χ3n) is 5.05. The second kappa shape index (κ2) is 13.8. The van der Waals surface area contributed by atoms with Crippen molar-refractivity contribution in [1.29, 1.82) is 0 Å². The lowest BCUT2D eigenvalue weighted by atomic mass is 9.97. The second-order valence-corrected chi connectivity index (χ2v) is 7.39. The van der Waals surface area contributed by atoms with E-state index in [4.69, 9.17) is 39.7 Å². The van der Waals surface area contributed by atoms with Crippen LogP contribution in [0, 0.1) is 0 Å². The number of rotatable bonds is 8. The average molecular weight is 492 g/mol. The van der Waals surface area contributed by atoms with Gasteiger partial charge in [-0.3, -0.25) is 0 Å². The van der Waals surface area contributed by atoms with Crippen molar-refractivity contribution in [2.24, 2.45) is 0 Å². The van der Waals surface area contributed by atoms with Gasteiger partial charge in [0, 0.05) is 0 Å². The highest BCUT2D eigenvalue weighted by atomic mass is 16.7. The Hall–Kier alpha value is -0.930. The monoisotopic (exact) mass is 492 g/mol. The Morgan fingerprint density at radius 2 is 1.33 bits per heavy atom. The highest BCUT2D eigenvalue weighted by Gasteiger charge is 2.50. The van der Waals surface area contributed by atoms with Gasteiger partial charge in [-0.25, -0.2) is 0 Å². The summed E-state index contributed by atoms with van der Waals surface area (Å²) in [4.78, 5) is 9.76. The van der Waals surface area contributed by atoms with Gasteiger partial charge in [0.25, 0.3) is 0 Å². The Bertz CT molecular complexity index is 563. The van der Waals surface area contributed by atoms with Crippen LogP contribution in [0.1, 0.15) is 0 Å². The number of aliphatic hydroxyl groups excluding tert-OH is 12. The molecule has 0 aromatic heterocycles. The summed E-state index contributed by atoms with van der Waals surface area (Å²) >= 11 is 0. The molecule has 2 saturated heterocycles. The van der Waals surface area contributed by atoms with Crippen molar-refractivity contribution in [2.75, 3.05) is 19.8 Å². The van der Waals surface area contributed by atoms with E-state index in [0.29, 0.717) is 0 Å². The number of hydrogen-bond acceptors (Lipinski definition) is 16. The van der Waals surface area contributed by atoms with Crippen LogP contribution in [0.25, 0.3) is 0 Å². The molecule has 2 aliphatic heterocycles. The highest BCUT2D eigenvalue weighted by molar-refractivity contribution is 5.56. The lowest BCUT2D eigenvalue weighted by molar-refractivity contribution is -0.355. The lowest BCUT2D eigenvalue weighted by Gasteiger charge is -2.45. The molecule has 196 valence electrons. The molecule has 33 heavy (non-hydrogen) atoms. The molecule has 2 fully saturated rings. The van der Waals surface area contributed by atoms with E-state index in [1.807, 2.05) is 0 Å². The van der Waals surface area contributed by atoms with Crippen molar-refractivity contribution < 1.29 is 80.3 Å². The first-order chi connectivity index (χ1) is 15.4. The van der Waals surface area contributed by atoms with Crippen molar-refractivity contribution in [3.05, 3.63) is 0 Å². The number of ether oxygens (including phenoxy) is 3. The molecule has 16 nitrogen and oxygen atoms in total. The van der Waals surface area contributed by atoms with Crippen molar-refractivity contribution in [1.82, 2.24) is 0 Å². The van der Waals surface area contributed by atoms with E-state index in [9.17, 15) is 40.5 Å². The van der Waals surface area contributed by atoms with Gasteiger partial charge in [-0.1, -0.05) is 0 Å². The maximum absolute atomic E-state index is 9.94. The van der Waals surface area contributed by atoms with Gasteiger partial charge in [0.15, 0.2) is 18.9 Å². The third-order valence-corrected chi connectivity index (χ3v) is 5.05. The minimum atomic E-state index is -1.74. The number of aldehydes is 1. The predicted molar refractivity (Wildman–Crippen MR) is 99.8 cm³/mol. The minimum absolute atomic E-state index is 0.0869. The zero-order chi connectivity index (χ0) is 25.5. The van der Waals surface area contributed by atoms with Crippen molar-refractivity contribution >= 4 is 6.29 Å². The standard InChI is InChI=1S/C12H22O11.C5H10O5/c13-1-3-5(15)6(16)9(19)12(22-3)23-10-4(2-14)21-11(20)8(18)7(10)17;6-1-3(8)5(10)4(9)2-7/h3-20H,1-2H2;1,3-5,7-10H,2H2/t3-,4-,5-,6+,7-,8-,9-,10-,11-,12+;3-,4-,5+/m11/s1. The highest BCUT2D eigenvalue weighted by Crippen LogP contribution is 2.28. The molecular weight excluding hydrogens is 460 g/mol. The van der Waals surface area contributed by atoms with Gasteiger partial charge < -0.3 is 80.3 Å². The van der Waals surface area contributed by atoms with Crippen LogP contribution in [-0.4, -0.2) is 167 Å². The molecule has 0 saturated carbocycles. The molecule has 2 aliphatic rings. The summed E-state index contributed by atoms with van der Waals surface area (Å²) < 4.78 is 15.3. The van der Waals surface area contributed by atoms with Crippen LogP contribution >= 0.6 is 0 Å². The fourth-order valence-corrected chi connectivity index (χ4v) is 2.99. The zero-order valence-corrected chi connectivity index (χ0v) is 17.2. The molecule has 2 rings (SSSR count). The number of carbonyl (C=O) groups excluding carboxylic acids is 1. The summed E-state index contributed by atoms with van der Waals surface area (Å²) in [6, 6.07) is 0. The summed E-state index contributed by atoms with van der Waals surface area (Å²) in [5.41, 5.74) is 0. The van der Waals surface area contributed by atoms with Gasteiger partial charge in [-0.15, -0.1) is 0 Å². The van der Waals surface area contributed by atoms with Crippen molar-refractivity contribution in [2.45, 2.75) is 79.7 Å². The van der Waals surface area contributed by atoms with Crippen molar-refractivity contribution in [3.8, 4) is 0 Å². The smallest absolute Gasteiger partial charge is 0.187 e. The summed E-state index contributed by atoms with van der Waals surface area (Å²) in [6.07, 6.45) is -20.2. The number of hydrogen-bond donors (Lipinski definition) is 12. The predicted octanol–water partition coefficient (Wildman–Crippen LogP) is -8.14. The summed E-state index contributed by atoms with van der Waals surface area (Å²) in [5, 5.41) is 111. The van der Waals surface area contributed by atoms with E-state index in [0.717, 1.165) is 0 Å². The lowest BCUT2D eigenvalue weighted by Crippen LogP contribution is -2.64. The first kappa shape index (κ1) is 30.1. The largest absolute Gasteiger partial charge is 0.394 e. The van der Waals surface area contributed by atoms with Gasteiger partial charge in [0.2, 0.25) is 0 Å². The van der Waals surface area contributed by atoms with E-state index >= 15 is 0 Å². The van der Waals surface area contributed by atoms with E-state index < -0.39 is 99.5 Å². The molecule has 2 heterocycles. The van der Waals surface area contributed by atoms with Gasteiger partial charge in [0.1, 0.15) is 67.1 Å². The van der Waals surface area contributed by atoms with E-state index in [1.54, 1.807) is 0 Å². The average Bonchev–Trinajstić information content (AvgIpc) is 2.82. The van der Waals surface area contributed by atoms with Gasteiger partial charge >= 0.3 is 0 Å². The topological polar surface area (TPSA) is 288 Å². The van der Waals surface area contributed by atoms with Gasteiger partial charge in [-0.05, 0) is 0 Å². The maximum Gasteiger partial charge on any atom is 0.187 e. The molecule has 0 amide bonds. The molecule has 13 atom stereocenters. The fraction of sp³-hybridized carbons (Fsp3) is 0.941. The zero-order valence-electron chi connectivity index (χ0n) is 17.2. The third kappa shape index (κ3) is 7.52. The minimum Gasteiger partial charge on any atom is -0.394 e. The summed E-state index contributed by atoms with van der Waals surface area (Å²) in [7, 11) is 0. The first-order valence-corrected chi connectivity index (χ1v) is 9.81. The Labute approximate surface area is 187 Å². The molecule has 0 spiro atoms. The molecule has 0 unspecified atom stereocenters. The molecule has 0 aliphatic carbocycles. The van der Waals surface area contributed by atoms with Crippen molar-refractivity contribution in [3.63, 3.8) is 0 Å². The number of carbonyl (C=O) groups is 1. The van der Waals surface area contributed by atoms with Crippen LogP contribution in [0.4, 0.5) is 0 Å². The van der Waals surface area contributed by atoms with Gasteiger partial charge in [0.05, 0.1) is 19.8 Å². The molecule has 16 heteroatoms. The van der Waals surface area contributed by atoms with Crippen LogP contribution in [0.2, 0.25) is 0 Å². The van der Waals surface area contributed by atoms with E-state index in [2.05, 4.69) is 0 Å². The molecule has 0 aromatic carbocycles. The van der Waals surface area contributed by atoms with Crippen LogP contribution in [0.5, 0.6) is 0 Å².